The van der Waals surface area contributed by atoms with Crippen LogP contribution in [0.15, 0.2) is 41.8 Å². The van der Waals surface area contributed by atoms with Gasteiger partial charge in [0.2, 0.25) is 5.91 Å². The highest BCUT2D eigenvalue weighted by Crippen LogP contribution is 2.24. The van der Waals surface area contributed by atoms with Gasteiger partial charge in [-0.1, -0.05) is 12.1 Å². The van der Waals surface area contributed by atoms with Crippen molar-refractivity contribution in [1.82, 2.24) is 4.90 Å². The van der Waals surface area contributed by atoms with Crippen molar-refractivity contribution in [2.24, 2.45) is 5.73 Å². The molecule has 2 aromatic rings. The van der Waals surface area contributed by atoms with Crippen LogP contribution in [0.25, 0.3) is 0 Å². The molecule has 1 aromatic heterocycles. The van der Waals surface area contributed by atoms with E-state index in [4.69, 9.17) is 10.5 Å². The molecule has 27 heavy (non-hydrogen) atoms. The van der Waals surface area contributed by atoms with Crippen LogP contribution in [0, 0.1) is 0 Å². The van der Waals surface area contributed by atoms with Crippen LogP contribution in [0.3, 0.4) is 0 Å². The van der Waals surface area contributed by atoms with Gasteiger partial charge in [0.05, 0.1) is 4.88 Å². The molecule has 7 nitrogen and oxygen atoms in total. The normalized spacial score (nSPS) is 16.6. The van der Waals surface area contributed by atoms with Crippen LogP contribution in [0.2, 0.25) is 0 Å². The SMILES string of the molecule is NC(=O)COc1cccc(NC(=O)[C@H]2CCCCN2C(=O)c2cccs2)c1. The van der Waals surface area contributed by atoms with Gasteiger partial charge in [-0.3, -0.25) is 14.4 Å². The fraction of sp³-hybridized carbons (Fsp3) is 0.316. The lowest BCUT2D eigenvalue weighted by molar-refractivity contribution is -0.121. The molecule has 1 atom stereocenters. The Balaban J connectivity index is 1.69. The molecule has 142 valence electrons. The number of likely N-dealkylation sites (tertiary alicyclic amines) is 1. The average Bonchev–Trinajstić information content (AvgIpc) is 3.21. The zero-order valence-electron chi connectivity index (χ0n) is 14.7. The summed E-state index contributed by atoms with van der Waals surface area (Å²) in [5.74, 6) is -0.480. The monoisotopic (exact) mass is 387 g/mol. The molecule has 1 aliphatic heterocycles. The molecule has 3 amide bonds. The van der Waals surface area contributed by atoms with E-state index in [1.54, 1.807) is 35.2 Å². The molecule has 1 saturated heterocycles. The molecule has 1 aromatic carbocycles. The maximum absolute atomic E-state index is 12.8. The summed E-state index contributed by atoms with van der Waals surface area (Å²) >= 11 is 1.37. The van der Waals surface area contributed by atoms with Gasteiger partial charge in [0, 0.05) is 18.3 Å². The van der Waals surface area contributed by atoms with Gasteiger partial charge in [0.15, 0.2) is 6.61 Å². The number of hydrogen-bond donors (Lipinski definition) is 2. The van der Waals surface area contributed by atoms with E-state index in [0.29, 0.717) is 29.3 Å². The van der Waals surface area contributed by atoms with Gasteiger partial charge >= 0.3 is 0 Å². The molecular formula is C19H21N3O4S. The summed E-state index contributed by atoms with van der Waals surface area (Å²) in [7, 11) is 0. The molecule has 1 aliphatic rings. The second-order valence-corrected chi connectivity index (χ2v) is 7.21. The second kappa shape index (κ2) is 8.68. The van der Waals surface area contributed by atoms with E-state index in [1.165, 1.54) is 11.3 Å². The summed E-state index contributed by atoms with van der Waals surface area (Å²) in [4.78, 5) is 38.7. The Bertz CT molecular complexity index is 822. The molecule has 0 aliphatic carbocycles. The Morgan fingerprint density at radius 3 is 2.81 bits per heavy atom. The summed E-state index contributed by atoms with van der Waals surface area (Å²) < 4.78 is 5.25. The van der Waals surface area contributed by atoms with Gasteiger partial charge in [-0.05, 0) is 42.8 Å². The lowest BCUT2D eigenvalue weighted by Crippen LogP contribution is -2.49. The van der Waals surface area contributed by atoms with Crippen molar-refractivity contribution in [2.45, 2.75) is 25.3 Å². The van der Waals surface area contributed by atoms with E-state index in [9.17, 15) is 14.4 Å². The summed E-state index contributed by atoms with van der Waals surface area (Å²) in [5.41, 5.74) is 5.61. The number of hydrogen-bond acceptors (Lipinski definition) is 5. The predicted octanol–water partition coefficient (Wildman–Crippen LogP) is 2.25. The lowest BCUT2D eigenvalue weighted by atomic mass is 10.0. The number of primary amides is 1. The van der Waals surface area contributed by atoms with Crippen LogP contribution < -0.4 is 15.8 Å². The van der Waals surface area contributed by atoms with Gasteiger partial charge < -0.3 is 20.7 Å². The lowest BCUT2D eigenvalue weighted by Gasteiger charge is -2.34. The van der Waals surface area contributed by atoms with Gasteiger partial charge in [-0.2, -0.15) is 0 Å². The first-order valence-corrected chi connectivity index (χ1v) is 9.59. The molecule has 2 heterocycles. The first-order chi connectivity index (χ1) is 13.0. The van der Waals surface area contributed by atoms with Crippen molar-refractivity contribution >= 4 is 34.7 Å². The number of anilines is 1. The fourth-order valence-corrected chi connectivity index (χ4v) is 3.71. The van der Waals surface area contributed by atoms with Gasteiger partial charge in [0.25, 0.3) is 11.8 Å². The average molecular weight is 387 g/mol. The first kappa shape index (κ1) is 18.9. The number of ether oxygens (including phenoxy) is 1. The van der Waals surface area contributed by atoms with E-state index in [0.717, 1.165) is 12.8 Å². The van der Waals surface area contributed by atoms with Crippen molar-refractivity contribution in [3.05, 3.63) is 46.7 Å². The highest BCUT2D eigenvalue weighted by atomic mass is 32.1. The van der Waals surface area contributed by atoms with E-state index in [1.807, 2.05) is 11.4 Å². The second-order valence-electron chi connectivity index (χ2n) is 6.26. The molecule has 3 rings (SSSR count). The summed E-state index contributed by atoms with van der Waals surface area (Å²) in [6.07, 6.45) is 2.41. The van der Waals surface area contributed by atoms with Crippen LogP contribution in [0.5, 0.6) is 5.75 Å². The third kappa shape index (κ3) is 4.85. The highest BCUT2D eigenvalue weighted by molar-refractivity contribution is 7.12. The molecular weight excluding hydrogens is 366 g/mol. The van der Waals surface area contributed by atoms with Crippen molar-refractivity contribution in [2.75, 3.05) is 18.5 Å². The van der Waals surface area contributed by atoms with Crippen LogP contribution in [-0.4, -0.2) is 41.8 Å². The Hall–Kier alpha value is -2.87. The van der Waals surface area contributed by atoms with E-state index < -0.39 is 11.9 Å². The van der Waals surface area contributed by atoms with Gasteiger partial charge in [-0.25, -0.2) is 0 Å². The standard InChI is InChI=1S/C19H21N3O4S/c20-17(23)12-26-14-6-3-5-13(11-14)21-18(24)15-7-1-2-9-22(15)19(25)16-8-4-10-27-16/h3-6,8,10-11,15H,1-2,7,9,12H2,(H2,20,23)(H,21,24)/t15-/m1/s1. The minimum absolute atomic E-state index is 0.108. The number of benzene rings is 1. The smallest absolute Gasteiger partial charge is 0.264 e. The van der Waals surface area contributed by atoms with Crippen LogP contribution >= 0.6 is 11.3 Å². The Kier molecular flexibility index (Phi) is 6.08. The largest absolute Gasteiger partial charge is 0.484 e. The zero-order chi connectivity index (χ0) is 19.2. The Labute approximate surface area is 161 Å². The number of nitrogens with zero attached hydrogens (tertiary/aromatic N) is 1. The Morgan fingerprint density at radius 1 is 1.22 bits per heavy atom. The number of rotatable bonds is 6. The van der Waals surface area contributed by atoms with Gasteiger partial charge in [-0.15, -0.1) is 11.3 Å². The van der Waals surface area contributed by atoms with Crippen molar-refractivity contribution in [3.8, 4) is 5.75 Å². The van der Waals surface area contributed by atoms with Crippen LogP contribution in [-0.2, 0) is 9.59 Å². The van der Waals surface area contributed by atoms with E-state index >= 15 is 0 Å². The summed E-state index contributed by atoms with van der Waals surface area (Å²) in [5, 5.41) is 4.70. The molecule has 0 saturated carbocycles. The minimum Gasteiger partial charge on any atom is -0.484 e. The van der Waals surface area contributed by atoms with Crippen molar-refractivity contribution in [1.29, 1.82) is 0 Å². The number of piperidine rings is 1. The topological polar surface area (TPSA) is 102 Å². The number of amides is 3. The van der Waals surface area contributed by atoms with Gasteiger partial charge in [0.1, 0.15) is 11.8 Å². The molecule has 0 unspecified atom stereocenters. The van der Waals surface area contributed by atoms with Crippen LogP contribution in [0.1, 0.15) is 28.9 Å². The number of nitrogens with two attached hydrogens (primary N) is 1. The Morgan fingerprint density at radius 2 is 2.07 bits per heavy atom. The number of nitrogens with one attached hydrogen (secondary N) is 1. The van der Waals surface area contributed by atoms with E-state index in [2.05, 4.69) is 5.32 Å². The molecule has 1 fully saturated rings. The predicted molar refractivity (Wildman–Crippen MR) is 103 cm³/mol. The van der Waals surface area contributed by atoms with Crippen molar-refractivity contribution in [3.63, 3.8) is 0 Å². The summed E-state index contributed by atoms with van der Waals surface area (Å²) in [6, 6.07) is 9.82. The third-order valence-corrected chi connectivity index (χ3v) is 5.14. The summed E-state index contributed by atoms with van der Waals surface area (Å²) in [6.45, 7) is 0.333. The van der Waals surface area contributed by atoms with E-state index in [-0.39, 0.29) is 18.4 Å². The first-order valence-electron chi connectivity index (χ1n) is 8.71. The fourth-order valence-electron chi connectivity index (χ4n) is 3.03. The quantitative estimate of drug-likeness (QED) is 0.794. The highest BCUT2D eigenvalue weighted by Gasteiger charge is 2.33. The van der Waals surface area contributed by atoms with Crippen molar-refractivity contribution < 1.29 is 19.1 Å². The molecule has 8 heteroatoms. The third-order valence-electron chi connectivity index (χ3n) is 4.28. The maximum atomic E-state index is 12.8. The molecule has 0 bridgehead atoms. The zero-order valence-corrected chi connectivity index (χ0v) is 15.5. The molecule has 0 radical (unpaired) electrons. The molecule has 0 spiro atoms. The molecule has 3 N–H and O–H groups in total. The number of carbonyl (C=O) groups excluding carboxylic acids is 3. The minimum atomic E-state index is -0.575. The maximum Gasteiger partial charge on any atom is 0.264 e. The van der Waals surface area contributed by atoms with Crippen LogP contribution in [0.4, 0.5) is 5.69 Å². The number of carbonyl (C=O) groups is 3. The number of thiophene rings is 1.